The first-order valence-corrected chi connectivity index (χ1v) is 11.7. The molecule has 9 heteroatoms. The van der Waals surface area contributed by atoms with E-state index in [9.17, 15) is 17.2 Å². The Labute approximate surface area is 175 Å². The zero-order chi connectivity index (χ0) is 21.7. The second-order valence-corrected chi connectivity index (χ2v) is 9.62. The van der Waals surface area contributed by atoms with Gasteiger partial charge in [-0.05, 0) is 29.7 Å². The van der Waals surface area contributed by atoms with Crippen molar-refractivity contribution in [3.8, 4) is 0 Å². The summed E-state index contributed by atoms with van der Waals surface area (Å²) in [6, 6.07) is 11.1. The third-order valence-corrected chi connectivity index (χ3v) is 5.77. The molecule has 0 radical (unpaired) electrons. The van der Waals surface area contributed by atoms with E-state index in [1.807, 2.05) is 17.0 Å². The molecule has 2 aromatic rings. The average Bonchev–Trinajstić information content (AvgIpc) is 3.13. The summed E-state index contributed by atoms with van der Waals surface area (Å²) in [5.74, 6) is -0.491. The summed E-state index contributed by atoms with van der Waals surface area (Å²) in [5, 5.41) is 6.56. The van der Waals surface area contributed by atoms with Gasteiger partial charge in [-0.1, -0.05) is 24.3 Å². The predicted molar refractivity (Wildman–Crippen MR) is 115 cm³/mol. The molecule has 0 spiro atoms. The first-order valence-electron chi connectivity index (χ1n) is 9.66. The van der Waals surface area contributed by atoms with Gasteiger partial charge in [0.15, 0.2) is 15.8 Å². The Bertz CT molecular complexity index is 1010. The highest BCUT2D eigenvalue weighted by molar-refractivity contribution is 7.89. The smallest absolute Gasteiger partial charge is 0.191 e. The van der Waals surface area contributed by atoms with E-state index in [1.54, 1.807) is 19.2 Å². The van der Waals surface area contributed by atoms with Crippen molar-refractivity contribution >= 4 is 21.5 Å². The number of hydrogen-bond donors (Lipinski definition) is 2. The van der Waals surface area contributed by atoms with Crippen molar-refractivity contribution < 1.29 is 17.2 Å². The van der Waals surface area contributed by atoms with Crippen LogP contribution < -0.4 is 15.5 Å². The summed E-state index contributed by atoms with van der Waals surface area (Å²) in [6.07, 6.45) is 2.02. The molecule has 0 amide bonds. The van der Waals surface area contributed by atoms with E-state index in [0.717, 1.165) is 23.6 Å². The molecule has 0 bridgehead atoms. The number of aliphatic imine (C=N–C) groups is 1. The van der Waals surface area contributed by atoms with Gasteiger partial charge in [-0.25, -0.2) is 17.2 Å². The van der Waals surface area contributed by atoms with Crippen LogP contribution >= 0.6 is 0 Å². The molecule has 1 aliphatic rings. The van der Waals surface area contributed by atoms with Gasteiger partial charge in [0.1, 0.15) is 11.6 Å². The van der Waals surface area contributed by atoms with Crippen molar-refractivity contribution in [2.24, 2.45) is 4.99 Å². The lowest BCUT2D eigenvalue weighted by molar-refractivity contribution is 0.580. The molecule has 0 aliphatic carbocycles. The number of rotatable bonds is 6. The molecule has 2 N–H and O–H groups in total. The molecule has 162 valence electrons. The Morgan fingerprint density at radius 3 is 2.50 bits per heavy atom. The van der Waals surface area contributed by atoms with E-state index in [1.165, 1.54) is 18.4 Å². The van der Waals surface area contributed by atoms with Gasteiger partial charge >= 0.3 is 0 Å². The Kier molecular flexibility index (Phi) is 6.91. The molecule has 1 saturated heterocycles. The van der Waals surface area contributed by atoms with Gasteiger partial charge in [0, 0.05) is 45.0 Å². The fourth-order valence-corrected chi connectivity index (χ4v) is 4.26. The number of nitrogens with zero attached hydrogens (tertiary/aromatic N) is 2. The molecular formula is C21H26F2N4O2S. The molecule has 1 unspecified atom stereocenters. The minimum Gasteiger partial charge on any atom is -0.367 e. The molecule has 1 aliphatic heterocycles. The lowest BCUT2D eigenvalue weighted by atomic mass is 10.1. The first kappa shape index (κ1) is 22.0. The molecule has 2 aromatic carbocycles. The summed E-state index contributed by atoms with van der Waals surface area (Å²) in [7, 11) is -1.38. The maximum atomic E-state index is 14.0. The second kappa shape index (κ2) is 9.42. The van der Waals surface area contributed by atoms with E-state index in [-0.39, 0.29) is 11.8 Å². The second-order valence-electron chi connectivity index (χ2n) is 7.48. The van der Waals surface area contributed by atoms with E-state index >= 15 is 0 Å². The van der Waals surface area contributed by atoms with Crippen molar-refractivity contribution in [2.75, 3.05) is 31.3 Å². The Hall–Kier alpha value is -2.68. The van der Waals surface area contributed by atoms with Crippen LogP contribution in [0.2, 0.25) is 0 Å². The summed E-state index contributed by atoms with van der Waals surface area (Å²) in [4.78, 5) is 6.12. The average molecular weight is 437 g/mol. The highest BCUT2D eigenvalue weighted by Gasteiger charge is 2.25. The molecule has 0 saturated carbocycles. The monoisotopic (exact) mass is 436 g/mol. The summed E-state index contributed by atoms with van der Waals surface area (Å²) < 4.78 is 49.9. The first-order chi connectivity index (χ1) is 14.2. The summed E-state index contributed by atoms with van der Waals surface area (Å²) in [6.45, 7) is 1.78. The minimum atomic E-state index is -3.05. The van der Waals surface area contributed by atoms with Gasteiger partial charge in [0.25, 0.3) is 0 Å². The molecule has 6 nitrogen and oxygen atoms in total. The summed E-state index contributed by atoms with van der Waals surface area (Å²) >= 11 is 0. The Balaban J connectivity index is 1.51. The van der Waals surface area contributed by atoms with Gasteiger partial charge in [-0.3, -0.25) is 4.99 Å². The maximum Gasteiger partial charge on any atom is 0.191 e. The molecular weight excluding hydrogens is 410 g/mol. The lowest BCUT2D eigenvalue weighted by Crippen LogP contribution is -2.44. The van der Waals surface area contributed by atoms with Crippen LogP contribution in [-0.2, 0) is 22.1 Å². The minimum absolute atomic E-state index is 0.0246. The Morgan fingerprint density at radius 2 is 1.87 bits per heavy atom. The third kappa shape index (κ3) is 6.16. The van der Waals surface area contributed by atoms with E-state index in [0.29, 0.717) is 31.3 Å². The van der Waals surface area contributed by atoms with Gasteiger partial charge < -0.3 is 15.5 Å². The predicted octanol–water partition coefficient (Wildman–Crippen LogP) is 2.45. The highest BCUT2D eigenvalue weighted by atomic mass is 32.2. The van der Waals surface area contributed by atoms with Crippen molar-refractivity contribution in [3.05, 3.63) is 65.2 Å². The number of benzene rings is 2. The van der Waals surface area contributed by atoms with Gasteiger partial charge in [0.05, 0.1) is 11.4 Å². The molecule has 1 atom stereocenters. The summed E-state index contributed by atoms with van der Waals surface area (Å²) in [5.41, 5.74) is 2.15. The van der Waals surface area contributed by atoms with Gasteiger partial charge in [-0.15, -0.1) is 0 Å². The van der Waals surface area contributed by atoms with Crippen molar-refractivity contribution in [2.45, 2.75) is 24.8 Å². The molecule has 1 heterocycles. The van der Waals surface area contributed by atoms with Gasteiger partial charge in [-0.2, -0.15) is 0 Å². The van der Waals surface area contributed by atoms with E-state index in [4.69, 9.17) is 0 Å². The fraction of sp³-hybridized carbons (Fsp3) is 0.381. The van der Waals surface area contributed by atoms with Crippen LogP contribution in [0, 0.1) is 11.6 Å². The SMILES string of the molecule is CN=C(NCc1ccc(CS(C)(=O)=O)cc1)NC1CCN(c2ccc(F)cc2F)C1. The van der Waals surface area contributed by atoms with Crippen LogP contribution in [0.1, 0.15) is 17.5 Å². The molecule has 0 aromatic heterocycles. The maximum absolute atomic E-state index is 14.0. The van der Waals surface area contributed by atoms with Crippen LogP contribution in [0.15, 0.2) is 47.5 Å². The Morgan fingerprint density at radius 1 is 1.17 bits per heavy atom. The molecule has 3 rings (SSSR count). The third-order valence-electron chi connectivity index (χ3n) is 4.91. The van der Waals surface area contributed by atoms with Crippen LogP contribution in [-0.4, -0.2) is 46.8 Å². The lowest BCUT2D eigenvalue weighted by Gasteiger charge is -2.21. The largest absolute Gasteiger partial charge is 0.367 e. The van der Waals surface area contributed by atoms with Gasteiger partial charge in [0.2, 0.25) is 0 Å². The zero-order valence-corrected chi connectivity index (χ0v) is 17.8. The highest BCUT2D eigenvalue weighted by Crippen LogP contribution is 2.24. The molecule has 30 heavy (non-hydrogen) atoms. The van der Waals surface area contributed by atoms with Crippen LogP contribution in [0.3, 0.4) is 0 Å². The number of guanidine groups is 1. The zero-order valence-electron chi connectivity index (χ0n) is 17.0. The number of hydrogen-bond acceptors (Lipinski definition) is 4. The van der Waals surface area contributed by atoms with Crippen LogP contribution in [0.25, 0.3) is 0 Å². The number of halogens is 2. The van der Waals surface area contributed by atoms with E-state index in [2.05, 4.69) is 15.6 Å². The number of sulfone groups is 1. The molecule has 1 fully saturated rings. The van der Waals surface area contributed by atoms with Crippen molar-refractivity contribution in [1.82, 2.24) is 10.6 Å². The van der Waals surface area contributed by atoms with Crippen LogP contribution in [0.5, 0.6) is 0 Å². The number of nitrogens with one attached hydrogen (secondary N) is 2. The number of anilines is 1. The normalized spacial score (nSPS) is 17.3. The quantitative estimate of drug-likeness (QED) is 0.538. The van der Waals surface area contributed by atoms with E-state index < -0.39 is 21.5 Å². The standard InChI is InChI=1S/C21H26F2N4O2S/c1-24-21(25-12-15-3-5-16(6-4-15)14-30(2,28)29)26-18-9-10-27(13-18)20-8-7-17(22)11-19(20)23/h3-8,11,18H,9-10,12-14H2,1-2H3,(H2,24,25,26). The fourth-order valence-electron chi connectivity index (χ4n) is 3.46. The van der Waals surface area contributed by atoms with Crippen LogP contribution in [0.4, 0.5) is 14.5 Å². The topological polar surface area (TPSA) is 73.8 Å². The van der Waals surface area contributed by atoms with Crippen molar-refractivity contribution in [1.29, 1.82) is 0 Å². The van der Waals surface area contributed by atoms with Crippen molar-refractivity contribution in [3.63, 3.8) is 0 Å².